The molecule has 1 aromatic carbocycles. The van der Waals surface area contributed by atoms with Gasteiger partial charge in [-0.1, -0.05) is 24.3 Å². The number of fused-ring (bicyclic) bond motifs is 1. The van der Waals surface area contributed by atoms with Gasteiger partial charge in [0.25, 0.3) is 0 Å². The first-order valence-corrected chi connectivity index (χ1v) is 7.40. The zero-order valence-electron chi connectivity index (χ0n) is 12.1. The molecule has 0 spiro atoms. The second kappa shape index (κ2) is 6.32. The SMILES string of the molecule is O=C(C=C[C@@H]1[C@H]2CC(=O)O[C@H]2C[C@H]1O)COc1ccccc1. The maximum Gasteiger partial charge on any atom is 0.306 e. The highest BCUT2D eigenvalue weighted by Crippen LogP contribution is 2.41. The fourth-order valence-corrected chi connectivity index (χ4v) is 3.12. The molecule has 4 atom stereocenters. The number of aliphatic hydroxyl groups excluding tert-OH is 1. The zero-order chi connectivity index (χ0) is 15.5. The van der Waals surface area contributed by atoms with E-state index in [0.717, 1.165) is 0 Å². The molecular weight excluding hydrogens is 284 g/mol. The van der Waals surface area contributed by atoms with Gasteiger partial charge in [0, 0.05) is 18.3 Å². The Kier molecular flexibility index (Phi) is 4.24. The summed E-state index contributed by atoms with van der Waals surface area (Å²) >= 11 is 0. The van der Waals surface area contributed by atoms with Crippen LogP contribution < -0.4 is 4.74 Å². The number of hydrogen-bond donors (Lipinski definition) is 1. The minimum atomic E-state index is -0.567. The fourth-order valence-electron chi connectivity index (χ4n) is 3.12. The molecule has 0 unspecified atom stereocenters. The van der Waals surface area contributed by atoms with Gasteiger partial charge >= 0.3 is 5.97 Å². The normalized spacial score (nSPS) is 30.3. The van der Waals surface area contributed by atoms with E-state index in [1.807, 2.05) is 18.2 Å². The van der Waals surface area contributed by atoms with Gasteiger partial charge in [0.2, 0.25) is 0 Å². The molecule has 1 aromatic rings. The van der Waals surface area contributed by atoms with Gasteiger partial charge in [-0.05, 0) is 18.2 Å². The summed E-state index contributed by atoms with van der Waals surface area (Å²) in [6, 6.07) is 9.11. The summed E-state index contributed by atoms with van der Waals surface area (Å²) < 4.78 is 10.5. The van der Waals surface area contributed by atoms with Crippen molar-refractivity contribution < 1.29 is 24.2 Å². The molecule has 116 valence electrons. The van der Waals surface area contributed by atoms with Crippen LogP contribution in [-0.4, -0.2) is 35.7 Å². The number of carbonyl (C=O) groups is 2. The Hall–Kier alpha value is -2.14. The summed E-state index contributed by atoms with van der Waals surface area (Å²) in [7, 11) is 0. The molecule has 1 saturated carbocycles. The van der Waals surface area contributed by atoms with Crippen molar-refractivity contribution in [1.29, 1.82) is 0 Å². The second-order valence-electron chi connectivity index (χ2n) is 5.70. The Morgan fingerprint density at radius 3 is 2.91 bits per heavy atom. The zero-order valence-corrected chi connectivity index (χ0v) is 12.1. The Bertz CT molecular complexity index is 580. The summed E-state index contributed by atoms with van der Waals surface area (Å²) in [6.45, 7) is -0.0488. The first-order valence-electron chi connectivity index (χ1n) is 7.40. The van der Waals surface area contributed by atoms with Crippen molar-refractivity contribution in [3.63, 3.8) is 0 Å². The Morgan fingerprint density at radius 2 is 2.14 bits per heavy atom. The molecule has 2 aliphatic rings. The Balaban J connectivity index is 1.54. The molecule has 1 heterocycles. The van der Waals surface area contributed by atoms with Gasteiger partial charge in [-0.3, -0.25) is 9.59 Å². The minimum Gasteiger partial charge on any atom is -0.485 e. The lowest BCUT2D eigenvalue weighted by Crippen LogP contribution is -2.18. The van der Waals surface area contributed by atoms with Crippen molar-refractivity contribution in [2.75, 3.05) is 6.61 Å². The van der Waals surface area contributed by atoms with E-state index < -0.39 is 6.10 Å². The summed E-state index contributed by atoms with van der Waals surface area (Å²) in [5, 5.41) is 10.0. The molecule has 0 radical (unpaired) electrons. The number of rotatable bonds is 5. The third-order valence-corrected chi connectivity index (χ3v) is 4.20. The van der Waals surface area contributed by atoms with Crippen molar-refractivity contribution in [1.82, 2.24) is 0 Å². The quantitative estimate of drug-likeness (QED) is 0.659. The molecule has 0 bridgehead atoms. The maximum absolute atomic E-state index is 11.8. The van der Waals surface area contributed by atoms with Crippen LogP contribution >= 0.6 is 0 Å². The average Bonchev–Trinajstić information content (AvgIpc) is 2.99. The monoisotopic (exact) mass is 302 g/mol. The fraction of sp³-hybridized carbons (Fsp3) is 0.412. The lowest BCUT2D eigenvalue weighted by Gasteiger charge is -2.14. The van der Waals surface area contributed by atoms with Crippen LogP contribution in [0.5, 0.6) is 5.75 Å². The van der Waals surface area contributed by atoms with Gasteiger partial charge in [-0.15, -0.1) is 0 Å². The highest BCUT2D eigenvalue weighted by molar-refractivity contribution is 5.91. The molecular formula is C17H18O5. The van der Waals surface area contributed by atoms with E-state index >= 15 is 0 Å². The van der Waals surface area contributed by atoms with Crippen LogP contribution in [0.4, 0.5) is 0 Å². The molecule has 3 rings (SSSR count). The van der Waals surface area contributed by atoms with Crippen molar-refractivity contribution in [2.24, 2.45) is 11.8 Å². The first-order chi connectivity index (χ1) is 10.6. The molecule has 2 fully saturated rings. The van der Waals surface area contributed by atoms with E-state index in [4.69, 9.17) is 9.47 Å². The lowest BCUT2D eigenvalue weighted by atomic mass is 9.91. The standard InChI is InChI=1S/C17H18O5/c18-11(10-21-12-4-2-1-3-5-12)6-7-13-14-8-17(20)22-16(14)9-15(13)19/h1-7,13-16,19H,8-10H2/t13-,14-,15-,16+/m1/s1. The molecule has 5 nitrogen and oxygen atoms in total. The number of para-hydroxylation sites is 1. The summed E-state index contributed by atoms with van der Waals surface area (Å²) in [5.41, 5.74) is 0. The third kappa shape index (κ3) is 3.20. The predicted octanol–water partition coefficient (Wildman–Crippen LogP) is 1.50. The molecule has 1 aliphatic carbocycles. The number of carbonyl (C=O) groups excluding carboxylic acids is 2. The van der Waals surface area contributed by atoms with Crippen LogP contribution in [0.1, 0.15) is 12.8 Å². The predicted molar refractivity (Wildman–Crippen MR) is 78.2 cm³/mol. The van der Waals surface area contributed by atoms with Crippen LogP contribution in [0.3, 0.4) is 0 Å². The number of ketones is 1. The molecule has 1 N–H and O–H groups in total. The minimum absolute atomic E-state index is 0.0263. The number of aliphatic hydroxyl groups is 1. The van der Waals surface area contributed by atoms with Crippen molar-refractivity contribution in [3.8, 4) is 5.75 Å². The van der Waals surface area contributed by atoms with Gasteiger partial charge in [-0.2, -0.15) is 0 Å². The largest absolute Gasteiger partial charge is 0.485 e. The van der Waals surface area contributed by atoms with Gasteiger partial charge in [0.15, 0.2) is 12.4 Å². The Labute approximate surface area is 128 Å². The molecule has 1 saturated heterocycles. The highest BCUT2D eigenvalue weighted by Gasteiger charge is 2.48. The van der Waals surface area contributed by atoms with Gasteiger partial charge in [0.1, 0.15) is 11.9 Å². The van der Waals surface area contributed by atoms with E-state index in [9.17, 15) is 14.7 Å². The smallest absolute Gasteiger partial charge is 0.306 e. The number of ether oxygens (including phenoxy) is 2. The lowest BCUT2D eigenvalue weighted by molar-refractivity contribution is -0.141. The van der Waals surface area contributed by atoms with E-state index in [1.165, 1.54) is 6.08 Å². The molecule has 5 heteroatoms. The molecule has 22 heavy (non-hydrogen) atoms. The summed E-state index contributed by atoms with van der Waals surface area (Å²) in [4.78, 5) is 23.1. The summed E-state index contributed by atoms with van der Waals surface area (Å²) in [5.74, 6) is 0.00232. The third-order valence-electron chi connectivity index (χ3n) is 4.20. The average molecular weight is 302 g/mol. The topological polar surface area (TPSA) is 72.8 Å². The highest BCUT2D eigenvalue weighted by atomic mass is 16.6. The number of esters is 1. The van der Waals surface area contributed by atoms with E-state index in [1.54, 1.807) is 18.2 Å². The Morgan fingerprint density at radius 1 is 1.36 bits per heavy atom. The van der Waals surface area contributed by atoms with Crippen LogP contribution in [0.15, 0.2) is 42.5 Å². The molecule has 0 aromatic heterocycles. The van der Waals surface area contributed by atoms with Crippen molar-refractivity contribution >= 4 is 11.8 Å². The van der Waals surface area contributed by atoms with Crippen LogP contribution in [0.2, 0.25) is 0 Å². The second-order valence-corrected chi connectivity index (χ2v) is 5.70. The van der Waals surface area contributed by atoms with E-state index in [-0.39, 0.29) is 36.3 Å². The van der Waals surface area contributed by atoms with Crippen molar-refractivity contribution in [2.45, 2.75) is 25.0 Å². The van der Waals surface area contributed by atoms with Crippen molar-refractivity contribution in [3.05, 3.63) is 42.5 Å². The van der Waals surface area contributed by atoms with Crippen LogP contribution in [0, 0.1) is 11.8 Å². The maximum atomic E-state index is 11.8. The van der Waals surface area contributed by atoms with Crippen LogP contribution in [0.25, 0.3) is 0 Å². The van der Waals surface area contributed by atoms with E-state index in [0.29, 0.717) is 18.6 Å². The summed E-state index contributed by atoms with van der Waals surface area (Å²) in [6.07, 6.45) is 3.09. The van der Waals surface area contributed by atoms with Gasteiger partial charge in [0.05, 0.1) is 12.5 Å². The first kappa shape index (κ1) is 14.8. The molecule has 0 amide bonds. The van der Waals surface area contributed by atoms with E-state index in [2.05, 4.69) is 0 Å². The molecule has 1 aliphatic heterocycles. The number of hydrogen-bond acceptors (Lipinski definition) is 5. The number of benzene rings is 1. The van der Waals surface area contributed by atoms with Gasteiger partial charge < -0.3 is 14.6 Å². The van der Waals surface area contributed by atoms with Gasteiger partial charge in [-0.25, -0.2) is 0 Å². The van der Waals surface area contributed by atoms with Crippen LogP contribution in [-0.2, 0) is 14.3 Å².